The minimum atomic E-state index is -4.18. The molecule has 0 spiro atoms. The zero-order valence-electron chi connectivity index (χ0n) is 21.3. The maximum atomic E-state index is 14.9. The lowest BCUT2D eigenvalue weighted by atomic mass is 9.90. The van der Waals surface area contributed by atoms with Crippen LogP contribution in [-0.4, -0.2) is 54.6 Å². The highest BCUT2D eigenvalue weighted by Gasteiger charge is 2.28. The first kappa shape index (κ1) is 26.0. The quantitative estimate of drug-likeness (QED) is 0.497. The Labute approximate surface area is 211 Å². The summed E-state index contributed by atoms with van der Waals surface area (Å²) < 4.78 is 44.6. The number of nitrogens with one attached hydrogen (secondary N) is 1. The number of aryl methyl sites for hydroxylation is 1. The van der Waals surface area contributed by atoms with Gasteiger partial charge in [-0.1, -0.05) is 0 Å². The van der Waals surface area contributed by atoms with Crippen LogP contribution in [0.5, 0.6) is 0 Å². The molecule has 36 heavy (non-hydrogen) atoms. The molecule has 1 amide bonds. The first-order valence-corrected chi connectivity index (χ1v) is 13.4. The average Bonchev–Trinajstić information content (AvgIpc) is 3.45. The van der Waals surface area contributed by atoms with Crippen LogP contribution >= 0.6 is 0 Å². The number of benzene rings is 1. The molecule has 0 aliphatic heterocycles. The number of nitrogens with zero attached hydrogens (tertiary/aromatic N) is 4. The van der Waals surface area contributed by atoms with Crippen LogP contribution in [0.4, 0.5) is 4.39 Å². The molecule has 0 fully saturated rings. The van der Waals surface area contributed by atoms with Crippen molar-refractivity contribution in [2.45, 2.75) is 57.0 Å². The van der Waals surface area contributed by atoms with E-state index in [1.54, 1.807) is 23.1 Å². The molecule has 1 N–H and O–H groups in total. The second-order valence-electron chi connectivity index (χ2n) is 10.2. The van der Waals surface area contributed by atoms with Gasteiger partial charge in [0.15, 0.2) is 5.03 Å². The van der Waals surface area contributed by atoms with Gasteiger partial charge in [0.25, 0.3) is 10.0 Å². The van der Waals surface area contributed by atoms with E-state index in [1.165, 1.54) is 12.1 Å². The van der Waals surface area contributed by atoms with Crippen LogP contribution in [0.15, 0.2) is 41.7 Å². The van der Waals surface area contributed by atoms with Gasteiger partial charge in [-0.25, -0.2) is 9.11 Å². The molecule has 3 aromatic rings. The van der Waals surface area contributed by atoms with E-state index in [0.717, 1.165) is 23.2 Å². The molecule has 1 aromatic carbocycles. The highest BCUT2D eigenvalue weighted by Crippen LogP contribution is 2.36. The number of carbonyl (C=O) groups is 1. The Morgan fingerprint density at radius 1 is 1.19 bits per heavy atom. The van der Waals surface area contributed by atoms with Crippen molar-refractivity contribution in [3.63, 3.8) is 0 Å². The number of halogens is 1. The molecule has 2 heterocycles. The zero-order valence-corrected chi connectivity index (χ0v) is 22.1. The topological polar surface area (TPSA) is 97.2 Å². The predicted molar refractivity (Wildman–Crippen MR) is 136 cm³/mol. The Morgan fingerprint density at radius 3 is 2.61 bits per heavy atom. The van der Waals surface area contributed by atoms with Crippen molar-refractivity contribution in [2.75, 3.05) is 20.6 Å². The lowest BCUT2D eigenvalue weighted by Crippen LogP contribution is -2.38. The lowest BCUT2D eigenvalue weighted by Gasteiger charge is -2.28. The van der Waals surface area contributed by atoms with Crippen LogP contribution in [-0.2, 0) is 39.6 Å². The molecule has 0 saturated heterocycles. The molecule has 8 nitrogen and oxygen atoms in total. The number of pyridine rings is 1. The molecular formula is C26H32FN5O3S. The molecule has 0 bridgehead atoms. The van der Waals surface area contributed by atoms with Crippen LogP contribution < -0.4 is 4.72 Å². The number of rotatable bonds is 8. The fourth-order valence-corrected chi connectivity index (χ4v) is 5.92. The molecule has 2 aromatic heterocycles. The summed E-state index contributed by atoms with van der Waals surface area (Å²) in [6.45, 7) is 6.39. The molecule has 192 valence electrons. The number of aromatic nitrogens is 3. The van der Waals surface area contributed by atoms with Crippen molar-refractivity contribution < 1.29 is 17.6 Å². The smallest absolute Gasteiger partial charge is 0.283 e. The minimum Gasteiger partial charge on any atom is -0.307 e. The van der Waals surface area contributed by atoms with E-state index in [4.69, 9.17) is 0 Å². The Balaban J connectivity index is 1.62. The van der Waals surface area contributed by atoms with Gasteiger partial charge in [0.1, 0.15) is 5.82 Å². The Morgan fingerprint density at radius 2 is 1.92 bits per heavy atom. The van der Waals surface area contributed by atoms with Gasteiger partial charge in [-0.15, -0.1) is 0 Å². The van der Waals surface area contributed by atoms with E-state index in [2.05, 4.69) is 14.8 Å². The van der Waals surface area contributed by atoms with Crippen molar-refractivity contribution in [3.05, 3.63) is 64.9 Å². The molecule has 0 atom stereocenters. The number of carbonyl (C=O) groups excluding carboxylic acids is 1. The average molecular weight is 514 g/mol. The number of sulfonamides is 1. The van der Waals surface area contributed by atoms with Gasteiger partial charge in [-0.3, -0.25) is 14.5 Å². The number of fused-ring (bicyclic) bond motifs is 1. The molecule has 4 rings (SSSR count). The Bertz CT molecular complexity index is 1410. The molecular weight excluding hydrogens is 481 g/mol. The summed E-state index contributed by atoms with van der Waals surface area (Å²) in [5.41, 5.74) is 3.69. The Kier molecular flexibility index (Phi) is 7.03. The van der Waals surface area contributed by atoms with E-state index >= 15 is 0 Å². The van der Waals surface area contributed by atoms with Crippen LogP contribution in [0.2, 0.25) is 0 Å². The summed E-state index contributed by atoms with van der Waals surface area (Å²) in [7, 11) is -0.328. The fraction of sp³-hybridized carbons (Fsp3) is 0.423. The standard InChI is InChI=1S/C26H32FN5O3S/c1-17-13-18(9-11-28-17)21-14-23(27)20-8-6-7-19(20)22(21)15-24(33)30-36(34,35)25-10-12-32(29-25)26(2,3)16-31(4)5/h9-14H,6-8,15-16H2,1-5H3,(H,30,33). The summed E-state index contributed by atoms with van der Waals surface area (Å²) in [6, 6.07) is 6.43. The summed E-state index contributed by atoms with van der Waals surface area (Å²) >= 11 is 0. The molecule has 0 unspecified atom stereocenters. The molecule has 1 aliphatic carbocycles. The molecule has 0 saturated carbocycles. The number of hydrogen-bond donors (Lipinski definition) is 1. The summed E-state index contributed by atoms with van der Waals surface area (Å²) in [5, 5.41) is 4.02. The number of hydrogen-bond acceptors (Lipinski definition) is 6. The lowest BCUT2D eigenvalue weighted by molar-refractivity contribution is -0.118. The third kappa shape index (κ3) is 5.34. The maximum Gasteiger partial charge on any atom is 0.283 e. The highest BCUT2D eigenvalue weighted by molar-refractivity contribution is 7.90. The van der Waals surface area contributed by atoms with Crippen molar-refractivity contribution >= 4 is 15.9 Å². The molecule has 1 aliphatic rings. The largest absolute Gasteiger partial charge is 0.307 e. The van der Waals surface area contributed by atoms with Crippen LogP contribution in [0, 0.1) is 12.7 Å². The third-order valence-corrected chi connectivity index (χ3v) is 7.69. The van der Waals surface area contributed by atoms with Gasteiger partial charge >= 0.3 is 0 Å². The summed E-state index contributed by atoms with van der Waals surface area (Å²) in [5.74, 6) is -0.987. The van der Waals surface area contributed by atoms with Gasteiger partial charge in [-0.2, -0.15) is 13.5 Å². The first-order chi connectivity index (χ1) is 16.9. The Hall–Kier alpha value is -3.11. The summed E-state index contributed by atoms with van der Waals surface area (Å²) in [4.78, 5) is 19.2. The predicted octanol–water partition coefficient (Wildman–Crippen LogP) is 3.23. The zero-order chi connectivity index (χ0) is 26.3. The maximum absolute atomic E-state index is 14.9. The highest BCUT2D eigenvalue weighted by atomic mass is 32.2. The van der Waals surface area contributed by atoms with Crippen molar-refractivity contribution in [2.24, 2.45) is 0 Å². The SMILES string of the molecule is Cc1cc(-c2cc(F)c3c(c2CC(=O)NS(=O)(=O)c2ccn(C(C)(C)CN(C)C)n2)CCC3)ccn1. The van der Waals surface area contributed by atoms with Crippen LogP contribution in [0.3, 0.4) is 0 Å². The second-order valence-corrected chi connectivity index (χ2v) is 11.9. The van der Waals surface area contributed by atoms with Crippen molar-refractivity contribution in [1.82, 2.24) is 24.4 Å². The van der Waals surface area contributed by atoms with Crippen molar-refractivity contribution in [3.8, 4) is 11.1 Å². The number of amides is 1. The normalized spacial score (nSPS) is 13.8. The van der Waals surface area contributed by atoms with Crippen LogP contribution in [0.1, 0.15) is 42.7 Å². The van der Waals surface area contributed by atoms with E-state index in [-0.39, 0.29) is 17.3 Å². The summed E-state index contributed by atoms with van der Waals surface area (Å²) in [6.07, 6.45) is 5.08. The molecule has 10 heteroatoms. The minimum absolute atomic E-state index is 0.189. The van der Waals surface area contributed by atoms with Crippen molar-refractivity contribution in [1.29, 1.82) is 0 Å². The second kappa shape index (κ2) is 9.74. The first-order valence-electron chi connectivity index (χ1n) is 11.9. The van der Waals surface area contributed by atoms with Gasteiger partial charge in [-0.05, 0) is 106 Å². The monoisotopic (exact) mass is 513 g/mol. The molecule has 0 radical (unpaired) electrons. The van der Waals surface area contributed by atoms with Gasteiger partial charge < -0.3 is 4.90 Å². The van der Waals surface area contributed by atoms with E-state index in [0.29, 0.717) is 36.1 Å². The van der Waals surface area contributed by atoms with E-state index < -0.39 is 21.5 Å². The number of likely N-dealkylation sites (N-methyl/N-ethyl adjacent to an activating group) is 1. The fourth-order valence-electron chi connectivity index (χ4n) is 5.01. The van der Waals surface area contributed by atoms with E-state index in [1.807, 2.05) is 45.8 Å². The van der Waals surface area contributed by atoms with Gasteiger partial charge in [0.05, 0.1) is 12.0 Å². The third-order valence-electron chi connectivity index (χ3n) is 6.42. The van der Waals surface area contributed by atoms with E-state index in [9.17, 15) is 17.6 Å². The van der Waals surface area contributed by atoms with Gasteiger partial charge in [0, 0.05) is 24.6 Å². The van der Waals surface area contributed by atoms with Gasteiger partial charge in [0.2, 0.25) is 5.91 Å². The van der Waals surface area contributed by atoms with Crippen LogP contribution in [0.25, 0.3) is 11.1 Å².